The molecular weight excluding hydrogens is 208 g/mol. The van der Waals surface area contributed by atoms with Crippen molar-refractivity contribution in [2.24, 2.45) is 5.92 Å². The minimum absolute atomic E-state index is 0.0737. The second-order valence-electron chi connectivity index (χ2n) is 4.15. The molecule has 1 aliphatic rings. The van der Waals surface area contributed by atoms with Gasteiger partial charge >= 0.3 is 0 Å². The van der Waals surface area contributed by atoms with Crippen molar-refractivity contribution in [1.29, 1.82) is 0 Å². The zero-order chi connectivity index (χ0) is 11.4. The molecule has 0 saturated heterocycles. The minimum atomic E-state index is 0.0737. The molecule has 2 rings (SSSR count). The van der Waals surface area contributed by atoms with Crippen molar-refractivity contribution in [3.05, 3.63) is 11.7 Å². The van der Waals surface area contributed by atoms with Crippen molar-refractivity contribution < 1.29 is 14.1 Å². The number of nitrogens with zero attached hydrogens (tertiary/aromatic N) is 2. The highest BCUT2D eigenvalue weighted by Crippen LogP contribution is 2.23. The van der Waals surface area contributed by atoms with E-state index in [4.69, 9.17) is 9.26 Å². The zero-order valence-electron chi connectivity index (χ0n) is 9.44. The highest BCUT2D eigenvalue weighted by Gasteiger charge is 2.24. The Hall–Kier alpha value is -1.23. The molecule has 0 aromatic carbocycles. The van der Waals surface area contributed by atoms with Crippen LogP contribution in [0.3, 0.4) is 0 Å². The lowest BCUT2D eigenvalue weighted by molar-refractivity contribution is -0.124. The van der Waals surface area contributed by atoms with Crippen LogP contribution in [-0.2, 0) is 22.6 Å². The highest BCUT2D eigenvalue weighted by atomic mass is 16.5. The van der Waals surface area contributed by atoms with Crippen LogP contribution < -0.4 is 0 Å². The lowest BCUT2D eigenvalue weighted by atomic mass is 9.86. The van der Waals surface area contributed by atoms with E-state index in [9.17, 15) is 4.79 Å². The first-order chi connectivity index (χ1) is 7.79. The van der Waals surface area contributed by atoms with E-state index in [1.165, 1.54) is 0 Å². The van der Waals surface area contributed by atoms with E-state index in [1.807, 2.05) is 0 Å². The predicted molar refractivity (Wildman–Crippen MR) is 55.7 cm³/mol. The first-order valence-corrected chi connectivity index (χ1v) is 5.62. The molecule has 1 aliphatic carbocycles. The lowest BCUT2D eigenvalue weighted by Gasteiger charge is -2.18. The molecule has 1 aromatic rings. The Morgan fingerprint density at radius 2 is 2.38 bits per heavy atom. The Morgan fingerprint density at radius 1 is 1.50 bits per heavy atom. The Morgan fingerprint density at radius 3 is 3.12 bits per heavy atom. The quantitative estimate of drug-likeness (QED) is 0.775. The molecule has 1 heterocycles. The second kappa shape index (κ2) is 5.21. The van der Waals surface area contributed by atoms with Crippen LogP contribution in [-0.4, -0.2) is 23.0 Å². The number of carbonyl (C=O) groups excluding carboxylic acids is 1. The summed E-state index contributed by atoms with van der Waals surface area (Å²) in [5.74, 6) is 1.50. The second-order valence-corrected chi connectivity index (χ2v) is 4.15. The van der Waals surface area contributed by atoms with Gasteiger partial charge in [0.1, 0.15) is 12.4 Å². The number of carbonyl (C=O) groups is 1. The highest BCUT2D eigenvalue weighted by molar-refractivity contribution is 5.81. The van der Waals surface area contributed by atoms with Crippen LogP contribution in [0.15, 0.2) is 4.52 Å². The maximum atomic E-state index is 11.6. The van der Waals surface area contributed by atoms with Crippen molar-refractivity contribution in [2.45, 2.75) is 38.7 Å². The summed E-state index contributed by atoms with van der Waals surface area (Å²) >= 11 is 0. The van der Waals surface area contributed by atoms with Crippen LogP contribution in [0.4, 0.5) is 0 Å². The summed E-state index contributed by atoms with van der Waals surface area (Å²) in [5.41, 5.74) is 0. The van der Waals surface area contributed by atoms with Crippen molar-refractivity contribution in [3.8, 4) is 0 Å². The molecule has 88 valence electrons. The van der Waals surface area contributed by atoms with Crippen molar-refractivity contribution in [3.63, 3.8) is 0 Å². The molecule has 0 N–H and O–H groups in total. The smallest absolute Gasteiger partial charge is 0.227 e. The van der Waals surface area contributed by atoms with Crippen LogP contribution in [0.25, 0.3) is 0 Å². The monoisotopic (exact) mass is 224 g/mol. The summed E-state index contributed by atoms with van der Waals surface area (Å²) < 4.78 is 9.98. The number of aromatic nitrogens is 2. The number of ether oxygens (including phenoxy) is 1. The molecule has 0 spiro atoms. The van der Waals surface area contributed by atoms with Gasteiger partial charge in [0.2, 0.25) is 5.89 Å². The van der Waals surface area contributed by atoms with Crippen LogP contribution in [0.1, 0.15) is 37.4 Å². The molecule has 5 nitrogen and oxygen atoms in total. The topological polar surface area (TPSA) is 65.2 Å². The largest absolute Gasteiger partial charge is 0.377 e. The molecule has 0 radical (unpaired) electrons. The summed E-state index contributed by atoms with van der Waals surface area (Å²) in [5, 5.41) is 3.77. The van der Waals surface area contributed by atoms with E-state index in [0.29, 0.717) is 36.9 Å². The summed E-state index contributed by atoms with van der Waals surface area (Å²) in [4.78, 5) is 15.8. The van der Waals surface area contributed by atoms with Crippen molar-refractivity contribution in [2.75, 3.05) is 7.11 Å². The van der Waals surface area contributed by atoms with Gasteiger partial charge in [-0.1, -0.05) is 11.6 Å². The van der Waals surface area contributed by atoms with Crippen LogP contribution in [0.5, 0.6) is 0 Å². The number of hydrogen-bond donors (Lipinski definition) is 0. The average Bonchev–Trinajstić information content (AvgIpc) is 2.70. The number of Topliss-reactive ketones (excluding diaryl/α,β-unsaturated/α-hetero) is 1. The molecule has 0 aliphatic heterocycles. The fourth-order valence-corrected chi connectivity index (χ4v) is 2.04. The number of ketones is 1. The first kappa shape index (κ1) is 11.3. The molecule has 1 saturated carbocycles. The minimum Gasteiger partial charge on any atom is -0.377 e. The van der Waals surface area contributed by atoms with Gasteiger partial charge in [0.25, 0.3) is 0 Å². The third-order valence-corrected chi connectivity index (χ3v) is 2.89. The van der Waals surface area contributed by atoms with Gasteiger partial charge in [-0.25, -0.2) is 0 Å². The Bertz CT molecular complexity index is 362. The van der Waals surface area contributed by atoms with Gasteiger partial charge in [-0.05, 0) is 12.8 Å². The van der Waals surface area contributed by atoms with E-state index in [-0.39, 0.29) is 5.92 Å². The fourth-order valence-electron chi connectivity index (χ4n) is 2.04. The number of hydrogen-bond acceptors (Lipinski definition) is 5. The average molecular weight is 224 g/mol. The van der Waals surface area contributed by atoms with Crippen LogP contribution in [0, 0.1) is 5.92 Å². The van der Waals surface area contributed by atoms with Gasteiger partial charge in [0, 0.05) is 25.9 Å². The Labute approximate surface area is 94.2 Å². The Kier molecular flexibility index (Phi) is 3.66. The van der Waals surface area contributed by atoms with Gasteiger partial charge < -0.3 is 9.26 Å². The molecule has 1 fully saturated rings. The summed E-state index contributed by atoms with van der Waals surface area (Å²) in [6.45, 7) is 0.349. The van der Waals surface area contributed by atoms with E-state index in [1.54, 1.807) is 7.11 Å². The standard InChI is InChI=1S/C11H16N2O3/c1-15-7-10-12-11(16-13-10)6-8-4-2-3-5-9(8)14/h8H,2-7H2,1H3. The molecule has 1 atom stereocenters. The maximum Gasteiger partial charge on any atom is 0.227 e. The van der Waals surface area contributed by atoms with Crippen LogP contribution >= 0.6 is 0 Å². The van der Waals surface area contributed by atoms with Gasteiger partial charge in [0.05, 0.1) is 0 Å². The van der Waals surface area contributed by atoms with Crippen molar-refractivity contribution in [1.82, 2.24) is 10.1 Å². The van der Waals surface area contributed by atoms with E-state index in [2.05, 4.69) is 10.1 Å². The number of methoxy groups -OCH3 is 1. The Balaban J connectivity index is 1.94. The number of rotatable bonds is 4. The first-order valence-electron chi connectivity index (χ1n) is 5.62. The maximum absolute atomic E-state index is 11.6. The van der Waals surface area contributed by atoms with E-state index < -0.39 is 0 Å². The third kappa shape index (κ3) is 2.66. The molecule has 16 heavy (non-hydrogen) atoms. The lowest BCUT2D eigenvalue weighted by Crippen LogP contribution is -2.21. The molecule has 5 heteroatoms. The third-order valence-electron chi connectivity index (χ3n) is 2.89. The van der Waals surface area contributed by atoms with Crippen LogP contribution in [0.2, 0.25) is 0 Å². The predicted octanol–water partition coefficient (Wildman–Crippen LogP) is 1.52. The molecule has 1 aromatic heterocycles. The van der Waals surface area contributed by atoms with E-state index in [0.717, 1.165) is 19.3 Å². The summed E-state index contributed by atoms with van der Waals surface area (Å²) in [6, 6.07) is 0. The zero-order valence-corrected chi connectivity index (χ0v) is 9.44. The molecule has 0 bridgehead atoms. The fraction of sp³-hybridized carbons (Fsp3) is 0.727. The molecular formula is C11H16N2O3. The van der Waals surface area contributed by atoms with Gasteiger partial charge in [0.15, 0.2) is 5.82 Å². The van der Waals surface area contributed by atoms with Gasteiger partial charge in [-0.15, -0.1) is 0 Å². The SMILES string of the molecule is COCc1noc(CC2CCCCC2=O)n1. The van der Waals surface area contributed by atoms with E-state index >= 15 is 0 Å². The molecule has 0 amide bonds. The van der Waals surface area contributed by atoms with Crippen molar-refractivity contribution >= 4 is 5.78 Å². The van der Waals surface area contributed by atoms with Gasteiger partial charge in [-0.3, -0.25) is 4.79 Å². The normalized spacial score (nSPS) is 21.3. The molecule has 1 unspecified atom stereocenters. The van der Waals surface area contributed by atoms with Gasteiger partial charge in [-0.2, -0.15) is 4.98 Å². The summed E-state index contributed by atoms with van der Waals surface area (Å²) in [6.07, 6.45) is 4.36. The summed E-state index contributed by atoms with van der Waals surface area (Å²) in [7, 11) is 1.58.